The molecule has 3 rings (SSSR count). The summed E-state index contributed by atoms with van der Waals surface area (Å²) >= 11 is 7.03. The summed E-state index contributed by atoms with van der Waals surface area (Å²) in [4.78, 5) is 28.6. The fourth-order valence-electron chi connectivity index (χ4n) is 2.09. The Bertz CT molecular complexity index is 986. The number of rotatable bonds is 8. The highest BCUT2D eigenvalue weighted by Gasteiger charge is 2.11. The van der Waals surface area contributed by atoms with Gasteiger partial charge in [-0.1, -0.05) is 22.9 Å². The van der Waals surface area contributed by atoms with Gasteiger partial charge in [0.2, 0.25) is 4.96 Å². The first kappa shape index (κ1) is 19.3. The summed E-state index contributed by atoms with van der Waals surface area (Å²) in [6, 6.07) is 7.89. The molecule has 0 aliphatic carbocycles. The van der Waals surface area contributed by atoms with E-state index in [1.54, 1.807) is 24.3 Å². The molecular formula is C17H16ClN3O5S. The van der Waals surface area contributed by atoms with Crippen LogP contribution in [0.25, 0.3) is 4.96 Å². The highest BCUT2D eigenvalue weighted by atomic mass is 35.5. The maximum absolute atomic E-state index is 12.1. The molecule has 0 atom stereocenters. The number of hydrogen-bond donors (Lipinski definition) is 0. The van der Waals surface area contributed by atoms with Crippen molar-refractivity contribution in [3.63, 3.8) is 0 Å². The molecule has 3 aromatic rings. The van der Waals surface area contributed by atoms with E-state index in [1.807, 2.05) is 6.92 Å². The topological polar surface area (TPSA) is 92.0 Å². The van der Waals surface area contributed by atoms with Crippen LogP contribution in [-0.2, 0) is 27.5 Å². The second kappa shape index (κ2) is 8.94. The van der Waals surface area contributed by atoms with Gasteiger partial charge in [0, 0.05) is 17.7 Å². The first-order valence-corrected chi connectivity index (χ1v) is 9.25. The highest BCUT2D eigenvalue weighted by Crippen LogP contribution is 2.15. The number of carbonyl (C=O) groups excluding carboxylic acids is 1. The van der Waals surface area contributed by atoms with E-state index in [1.165, 1.54) is 21.9 Å². The van der Waals surface area contributed by atoms with Crippen LogP contribution in [0.15, 0.2) is 35.1 Å². The van der Waals surface area contributed by atoms with E-state index in [0.29, 0.717) is 39.6 Å². The smallest absolute Gasteiger partial charge is 0.344 e. The van der Waals surface area contributed by atoms with Crippen molar-refractivity contribution in [2.45, 2.75) is 20.1 Å². The fraction of sp³-hybridized carbons (Fsp3) is 0.294. The Morgan fingerprint density at radius 2 is 2.04 bits per heavy atom. The second-order valence-corrected chi connectivity index (χ2v) is 6.79. The van der Waals surface area contributed by atoms with Crippen LogP contribution >= 0.6 is 22.9 Å². The van der Waals surface area contributed by atoms with Crippen LogP contribution in [0, 0.1) is 0 Å². The van der Waals surface area contributed by atoms with Gasteiger partial charge in [-0.15, -0.1) is 0 Å². The third-order valence-corrected chi connectivity index (χ3v) is 4.45. The Morgan fingerprint density at radius 1 is 1.26 bits per heavy atom. The first-order chi connectivity index (χ1) is 13.0. The lowest BCUT2D eigenvalue weighted by Crippen LogP contribution is -2.18. The summed E-state index contributed by atoms with van der Waals surface area (Å²) in [6.07, 6.45) is 0. The van der Waals surface area contributed by atoms with Crippen LogP contribution in [0.5, 0.6) is 5.75 Å². The van der Waals surface area contributed by atoms with Crippen LogP contribution in [-0.4, -0.2) is 33.8 Å². The minimum atomic E-state index is -0.576. The van der Waals surface area contributed by atoms with Crippen LogP contribution in [0.1, 0.15) is 17.6 Å². The quantitative estimate of drug-likeness (QED) is 0.527. The first-order valence-electron chi connectivity index (χ1n) is 8.05. The Morgan fingerprint density at radius 3 is 2.78 bits per heavy atom. The Balaban J connectivity index is 1.58. The number of nitrogens with zero attached hydrogens (tertiary/aromatic N) is 3. The molecule has 0 unspecified atom stereocenters. The number of halogens is 1. The van der Waals surface area contributed by atoms with E-state index >= 15 is 0 Å². The van der Waals surface area contributed by atoms with Gasteiger partial charge in [-0.25, -0.2) is 9.78 Å². The van der Waals surface area contributed by atoms with Gasteiger partial charge in [-0.05, 0) is 31.2 Å². The monoisotopic (exact) mass is 409 g/mol. The maximum atomic E-state index is 12.1. The van der Waals surface area contributed by atoms with Crippen LogP contribution in [0.3, 0.4) is 0 Å². The number of carbonyl (C=O) groups is 1. The van der Waals surface area contributed by atoms with Gasteiger partial charge in [0.15, 0.2) is 6.61 Å². The van der Waals surface area contributed by atoms with Crippen molar-refractivity contribution in [3.05, 3.63) is 56.4 Å². The molecule has 8 nitrogen and oxygen atoms in total. The van der Waals surface area contributed by atoms with Gasteiger partial charge in [-0.3, -0.25) is 4.79 Å². The van der Waals surface area contributed by atoms with E-state index < -0.39 is 5.97 Å². The van der Waals surface area contributed by atoms with Gasteiger partial charge >= 0.3 is 5.97 Å². The van der Waals surface area contributed by atoms with Gasteiger partial charge in [0.25, 0.3) is 5.56 Å². The summed E-state index contributed by atoms with van der Waals surface area (Å²) in [7, 11) is 0. The molecule has 0 aliphatic heterocycles. The molecule has 27 heavy (non-hydrogen) atoms. The van der Waals surface area contributed by atoms with Crippen molar-refractivity contribution < 1.29 is 19.0 Å². The Kier molecular flexibility index (Phi) is 6.38. The zero-order valence-corrected chi connectivity index (χ0v) is 16.0. The van der Waals surface area contributed by atoms with Crippen LogP contribution < -0.4 is 10.3 Å². The predicted octanol–water partition coefficient (Wildman–Crippen LogP) is 2.46. The standard InChI is InChI=1S/C17H16ClN3O5S/c1-2-24-9-14-20-21-15(22)7-12(19-17(21)27-14)8-26-16(23)10-25-13-5-3-11(18)4-6-13/h3-7H,2,8-10H2,1H3. The molecule has 0 radical (unpaired) electrons. The van der Waals surface area contributed by atoms with Crippen LogP contribution in [0.4, 0.5) is 0 Å². The molecule has 142 valence electrons. The van der Waals surface area contributed by atoms with Crippen molar-refractivity contribution in [1.82, 2.24) is 14.6 Å². The van der Waals surface area contributed by atoms with Gasteiger partial charge in [0.1, 0.15) is 24.0 Å². The molecule has 0 fully saturated rings. The fourth-order valence-corrected chi connectivity index (χ4v) is 3.07. The molecule has 2 heterocycles. The van der Waals surface area contributed by atoms with Crippen molar-refractivity contribution >= 4 is 33.9 Å². The molecule has 0 spiro atoms. The van der Waals surface area contributed by atoms with E-state index in [0.717, 1.165) is 0 Å². The average molecular weight is 410 g/mol. The van der Waals surface area contributed by atoms with Gasteiger partial charge in [0.05, 0.1) is 5.69 Å². The molecule has 1 aromatic carbocycles. The molecule has 0 amide bonds. The van der Waals surface area contributed by atoms with Gasteiger partial charge in [-0.2, -0.15) is 9.61 Å². The summed E-state index contributed by atoms with van der Waals surface area (Å²) < 4.78 is 16.9. The summed E-state index contributed by atoms with van der Waals surface area (Å²) in [6.45, 7) is 2.35. The number of ether oxygens (including phenoxy) is 3. The number of benzene rings is 1. The number of aromatic nitrogens is 3. The molecule has 10 heteroatoms. The normalized spacial score (nSPS) is 10.9. The largest absolute Gasteiger partial charge is 0.482 e. The second-order valence-electron chi connectivity index (χ2n) is 5.32. The van der Waals surface area contributed by atoms with E-state index in [-0.39, 0.29) is 18.8 Å². The summed E-state index contributed by atoms with van der Waals surface area (Å²) in [5.41, 5.74) is -0.00563. The van der Waals surface area contributed by atoms with Crippen molar-refractivity contribution in [3.8, 4) is 5.75 Å². The molecule has 0 aliphatic rings. The van der Waals surface area contributed by atoms with Crippen molar-refractivity contribution in [2.75, 3.05) is 13.2 Å². The Hall–Kier alpha value is -2.49. The number of esters is 1. The van der Waals surface area contributed by atoms with E-state index in [4.69, 9.17) is 25.8 Å². The summed E-state index contributed by atoms with van der Waals surface area (Å²) in [5, 5.41) is 5.37. The Labute approximate surface area is 163 Å². The van der Waals surface area contributed by atoms with Crippen LogP contribution in [0.2, 0.25) is 5.02 Å². The molecular weight excluding hydrogens is 394 g/mol. The highest BCUT2D eigenvalue weighted by molar-refractivity contribution is 7.16. The lowest BCUT2D eigenvalue weighted by molar-refractivity contribution is -0.147. The average Bonchev–Trinajstić information content (AvgIpc) is 3.08. The number of fused-ring (bicyclic) bond motifs is 1. The third-order valence-electron chi connectivity index (χ3n) is 3.32. The molecule has 2 aromatic heterocycles. The molecule has 0 bridgehead atoms. The SMILES string of the molecule is CCOCc1nn2c(=O)cc(COC(=O)COc3ccc(Cl)cc3)nc2s1. The lowest BCUT2D eigenvalue weighted by Gasteiger charge is -2.06. The van der Waals surface area contributed by atoms with E-state index in [9.17, 15) is 9.59 Å². The zero-order valence-electron chi connectivity index (χ0n) is 14.4. The molecule has 0 saturated heterocycles. The minimum absolute atomic E-state index is 0.132. The number of hydrogen-bond acceptors (Lipinski definition) is 8. The third kappa shape index (κ3) is 5.25. The predicted molar refractivity (Wildman–Crippen MR) is 99.2 cm³/mol. The van der Waals surface area contributed by atoms with Gasteiger partial charge < -0.3 is 14.2 Å². The molecule has 0 saturated carbocycles. The van der Waals surface area contributed by atoms with Crippen molar-refractivity contribution in [2.24, 2.45) is 0 Å². The van der Waals surface area contributed by atoms with Crippen molar-refractivity contribution in [1.29, 1.82) is 0 Å². The lowest BCUT2D eigenvalue weighted by atomic mass is 10.3. The minimum Gasteiger partial charge on any atom is -0.482 e. The molecule has 0 N–H and O–H groups in total. The maximum Gasteiger partial charge on any atom is 0.344 e. The summed E-state index contributed by atoms with van der Waals surface area (Å²) in [5.74, 6) is -0.0751. The zero-order chi connectivity index (χ0) is 19.2. The van der Waals surface area contributed by atoms with E-state index in [2.05, 4.69) is 10.1 Å².